The molecule has 0 saturated carbocycles. The lowest BCUT2D eigenvalue weighted by Gasteiger charge is -2.24. The lowest BCUT2D eigenvalue weighted by molar-refractivity contribution is 0.892. The van der Waals surface area contributed by atoms with Crippen molar-refractivity contribution in [3.8, 4) is 0 Å². The van der Waals surface area contributed by atoms with Gasteiger partial charge in [-0.25, -0.2) is 0 Å². The van der Waals surface area contributed by atoms with E-state index in [1.807, 2.05) is 12.2 Å². The summed E-state index contributed by atoms with van der Waals surface area (Å²) < 4.78 is 0. The molecule has 0 aliphatic heterocycles. The van der Waals surface area contributed by atoms with Crippen LogP contribution in [0.5, 0.6) is 0 Å². The minimum absolute atomic E-state index is 0.132. The number of hydrogen-bond donors (Lipinski definition) is 0. The predicted molar refractivity (Wildman–Crippen MR) is 140 cm³/mol. The van der Waals surface area contributed by atoms with Crippen molar-refractivity contribution >= 4 is 26.5 Å². The van der Waals surface area contributed by atoms with E-state index in [1.54, 1.807) is 0 Å². The van der Waals surface area contributed by atoms with Crippen molar-refractivity contribution in [2.75, 3.05) is 12.3 Å². The first-order valence-corrected chi connectivity index (χ1v) is 14.0. The first-order chi connectivity index (χ1) is 14.9. The number of unbranched alkanes of at least 4 members (excludes halogenated alkanes) is 1. The second kappa shape index (κ2) is 13.3. The molecule has 0 N–H and O–H groups in total. The number of benzene rings is 2. The molecule has 0 amide bonds. The van der Waals surface area contributed by atoms with E-state index in [-0.39, 0.29) is 15.8 Å². The Balaban J connectivity index is 1.60. The second-order valence-corrected chi connectivity index (χ2v) is 12.1. The summed E-state index contributed by atoms with van der Waals surface area (Å²) in [5.41, 5.74) is 0.683. The van der Waals surface area contributed by atoms with Crippen LogP contribution in [-0.2, 0) is 0 Å². The van der Waals surface area contributed by atoms with Gasteiger partial charge >= 0.3 is 0 Å². The highest BCUT2D eigenvalue weighted by Crippen LogP contribution is 2.47. The Labute approximate surface area is 185 Å². The van der Waals surface area contributed by atoms with Gasteiger partial charge in [0.05, 0.1) is 0 Å². The summed E-state index contributed by atoms with van der Waals surface area (Å²) in [4.78, 5) is 0. The van der Waals surface area contributed by atoms with E-state index >= 15 is 0 Å². The SMILES string of the molecule is C=C/C=C\C=C\P(CCCCP(c1ccccc1)c1ccccc1)C1C=CC=CC1. The Morgan fingerprint density at radius 3 is 2.07 bits per heavy atom. The third-order valence-corrected chi connectivity index (χ3v) is 10.4. The Morgan fingerprint density at radius 2 is 1.47 bits per heavy atom. The molecule has 0 aromatic heterocycles. The molecule has 0 nitrogen and oxygen atoms in total. The van der Waals surface area contributed by atoms with E-state index in [1.165, 1.54) is 42.2 Å². The van der Waals surface area contributed by atoms with Crippen molar-refractivity contribution in [3.63, 3.8) is 0 Å². The van der Waals surface area contributed by atoms with E-state index in [9.17, 15) is 0 Å². The Bertz CT molecular complexity index is 823. The molecule has 2 aromatic carbocycles. The van der Waals surface area contributed by atoms with Gasteiger partial charge in [-0.15, -0.1) is 0 Å². The first-order valence-electron chi connectivity index (χ1n) is 10.8. The maximum Gasteiger partial charge on any atom is 0.00426 e. The zero-order chi connectivity index (χ0) is 20.9. The number of allylic oxidation sites excluding steroid dienone is 8. The van der Waals surface area contributed by atoms with Gasteiger partial charge in [0, 0.05) is 5.66 Å². The van der Waals surface area contributed by atoms with Gasteiger partial charge in [-0.05, 0) is 50.1 Å². The topological polar surface area (TPSA) is 0 Å². The quantitative estimate of drug-likeness (QED) is 0.196. The maximum absolute atomic E-state index is 3.76. The van der Waals surface area contributed by atoms with Crippen LogP contribution in [-0.4, -0.2) is 18.0 Å². The average Bonchev–Trinajstić information content (AvgIpc) is 2.82. The van der Waals surface area contributed by atoms with E-state index in [0.717, 1.165) is 0 Å². The lowest BCUT2D eigenvalue weighted by atomic mass is 10.2. The molecule has 0 bridgehead atoms. The van der Waals surface area contributed by atoms with Crippen molar-refractivity contribution in [2.24, 2.45) is 0 Å². The second-order valence-electron chi connectivity index (χ2n) is 7.35. The zero-order valence-corrected chi connectivity index (χ0v) is 19.5. The van der Waals surface area contributed by atoms with E-state index in [2.05, 4.69) is 110 Å². The lowest BCUT2D eigenvalue weighted by Crippen LogP contribution is -2.14. The summed E-state index contributed by atoms with van der Waals surface area (Å²) in [5, 5.41) is 2.99. The molecule has 0 heterocycles. The molecule has 2 heteroatoms. The van der Waals surface area contributed by atoms with Crippen LogP contribution in [0.2, 0.25) is 0 Å². The van der Waals surface area contributed by atoms with Gasteiger partial charge in [0.2, 0.25) is 0 Å². The van der Waals surface area contributed by atoms with Crippen molar-refractivity contribution in [1.82, 2.24) is 0 Å². The highest BCUT2D eigenvalue weighted by Gasteiger charge is 2.17. The fourth-order valence-electron chi connectivity index (χ4n) is 3.65. The van der Waals surface area contributed by atoms with Gasteiger partial charge in [0.1, 0.15) is 0 Å². The number of rotatable bonds is 11. The molecule has 154 valence electrons. The molecule has 0 spiro atoms. The summed E-state index contributed by atoms with van der Waals surface area (Å²) in [7, 11) is -0.402. The third kappa shape index (κ3) is 7.36. The monoisotopic (exact) mass is 430 g/mol. The molecule has 2 atom stereocenters. The van der Waals surface area contributed by atoms with Crippen LogP contribution >= 0.6 is 15.8 Å². The molecular weight excluding hydrogens is 398 g/mol. The first kappa shape index (κ1) is 22.7. The average molecular weight is 431 g/mol. The van der Waals surface area contributed by atoms with Crippen LogP contribution < -0.4 is 10.6 Å². The fraction of sp³-hybridized carbons (Fsp3) is 0.214. The van der Waals surface area contributed by atoms with E-state index < -0.39 is 0 Å². The number of hydrogen-bond acceptors (Lipinski definition) is 0. The summed E-state index contributed by atoms with van der Waals surface area (Å²) in [6, 6.07) is 22.2. The van der Waals surface area contributed by atoms with Gasteiger partial charge in [-0.3, -0.25) is 0 Å². The van der Waals surface area contributed by atoms with Gasteiger partial charge in [0.25, 0.3) is 0 Å². The Kier molecular flexibility index (Phi) is 10.1. The van der Waals surface area contributed by atoms with Crippen LogP contribution in [0.15, 0.2) is 122 Å². The van der Waals surface area contributed by atoms with Crippen LogP contribution in [0, 0.1) is 0 Å². The molecule has 0 radical (unpaired) electrons. The molecule has 1 aliphatic rings. The molecular formula is C28H32P2. The smallest absolute Gasteiger partial charge is 0.00426 e. The van der Waals surface area contributed by atoms with Crippen LogP contribution in [0.4, 0.5) is 0 Å². The zero-order valence-electron chi connectivity index (χ0n) is 17.7. The van der Waals surface area contributed by atoms with Gasteiger partial charge in [0.15, 0.2) is 0 Å². The molecule has 0 fully saturated rings. The van der Waals surface area contributed by atoms with E-state index in [4.69, 9.17) is 0 Å². The van der Waals surface area contributed by atoms with Crippen LogP contribution in [0.25, 0.3) is 0 Å². The minimum atomic E-state index is -0.270. The van der Waals surface area contributed by atoms with Crippen LogP contribution in [0.1, 0.15) is 19.3 Å². The highest BCUT2D eigenvalue weighted by atomic mass is 31.1. The van der Waals surface area contributed by atoms with Gasteiger partial charge in [-0.2, -0.15) is 0 Å². The normalized spacial score (nSPS) is 17.2. The van der Waals surface area contributed by atoms with E-state index in [0.29, 0.717) is 5.66 Å². The van der Waals surface area contributed by atoms with Gasteiger partial charge < -0.3 is 0 Å². The fourth-order valence-corrected chi connectivity index (χ4v) is 8.40. The van der Waals surface area contributed by atoms with Crippen LogP contribution in [0.3, 0.4) is 0 Å². The molecule has 2 unspecified atom stereocenters. The summed E-state index contributed by atoms with van der Waals surface area (Å²) in [6.45, 7) is 3.76. The van der Waals surface area contributed by atoms with Gasteiger partial charge in [-0.1, -0.05) is 130 Å². The summed E-state index contributed by atoms with van der Waals surface area (Å²) in [6.07, 6.45) is 23.7. The van der Waals surface area contributed by atoms with Crippen molar-refractivity contribution in [1.29, 1.82) is 0 Å². The van der Waals surface area contributed by atoms with Crippen molar-refractivity contribution < 1.29 is 0 Å². The molecule has 30 heavy (non-hydrogen) atoms. The minimum Gasteiger partial charge on any atom is -0.0991 e. The largest absolute Gasteiger partial charge is 0.0991 e. The standard InChI is InChI=1S/C28H32P2/c1-2-3-4-14-23-29(26-17-8-5-9-18-26)24-15-16-25-30(27-19-10-6-11-20-27)28-21-12-7-13-22-28/h2-14,17,19-23,26H,1,15-16,18,24-25H2/b4-3-,23-14+. The maximum atomic E-state index is 3.76. The van der Waals surface area contributed by atoms with Crippen molar-refractivity contribution in [2.45, 2.75) is 24.9 Å². The molecule has 1 aliphatic carbocycles. The highest BCUT2D eigenvalue weighted by molar-refractivity contribution is 7.73. The summed E-state index contributed by atoms with van der Waals surface area (Å²) >= 11 is 0. The molecule has 0 saturated heterocycles. The Morgan fingerprint density at radius 1 is 0.800 bits per heavy atom. The third-order valence-electron chi connectivity index (χ3n) is 5.20. The predicted octanol–water partition coefficient (Wildman–Crippen LogP) is 7.52. The Hall–Kier alpha value is -2.00. The molecule has 2 aromatic rings. The molecule has 3 rings (SSSR count). The van der Waals surface area contributed by atoms with Crippen molar-refractivity contribution in [3.05, 3.63) is 122 Å². The summed E-state index contributed by atoms with van der Waals surface area (Å²) in [5.74, 6) is 2.46.